The number of benzene rings is 2. The average Bonchev–Trinajstić information content (AvgIpc) is 2.34. The first-order valence-corrected chi connectivity index (χ1v) is 5.86. The summed E-state index contributed by atoms with van der Waals surface area (Å²) in [5, 5.41) is 0. The van der Waals surface area contributed by atoms with E-state index in [9.17, 15) is 17.6 Å². The molecule has 0 bridgehead atoms. The zero-order chi connectivity index (χ0) is 14.0. The van der Waals surface area contributed by atoms with Crippen molar-refractivity contribution in [3.8, 4) is 0 Å². The van der Waals surface area contributed by atoms with E-state index in [2.05, 4.69) is 0 Å². The fourth-order valence-corrected chi connectivity index (χ4v) is 1.89. The molecule has 0 nitrogen and oxygen atoms in total. The molecule has 0 unspecified atom stereocenters. The first kappa shape index (κ1) is 13.6. The van der Waals surface area contributed by atoms with Gasteiger partial charge in [-0.3, -0.25) is 0 Å². The predicted octanol–water partition coefficient (Wildman–Crippen LogP) is 4.34. The van der Waals surface area contributed by atoms with Gasteiger partial charge in [0, 0.05) is 0 Å². The zero-order valence-electron chi connectivity index (χ0n) is 10.3. The fraction of sp³-hybridized carbons (Fsp3) is 0.200. The zero-order valence-corrected chi connectivity index (χ0v) is 10.3. The topological polar surface area (TPSA) is 0 Å². The van der Waals surface area contributed by atoms with Crippen molar-refractivity contribution in [1.29, 1.82) is 0 Å². The van der Waals surface area contributed by atoms with Crippen LogP contribution in [0.15, 0.2) is 30.3 Å². The molecule has 0 aliphatic carbocycles. The van der Waals surface area contributed by atoms with Gasteiger partial charge < -0.3 is 0 Å². The molecule has 0 amide bonds. The lowest BCUT2D eigenvalue weighted by atomic mass is 10.0. The van der Waals surface area contributed by atoms with Gasteiger partial charge in [-0.1, -0.05) is 12.1 Å². The average molecular weight is 268 g/mol. The summed E-state index contributed by atoms with van der Waals surface area (Å²) in [5.74, 6) is -4.27. The number of aryl methyl sites for hydroxylation is 3. The molecule has 0 aromatic heterocycles. The summed E-state index contributed by atoms with van der Waals surface area (Å²) < 4.78 is 52.4. The maximum Gasteiger partial charge on any atom is 0.194 e. The van der Waals surface area contributed by atoms with Crippen molar-refractivity contribution in [2.24, 2.45) is 0 Å². The van der Waals surface area contributed by atoms with Crippen LogP contribution in [0.3, 0.4) is 0 Å². The van der Waals surface area contributed by atoms with Gasteiger partial charge in [0.05, 0.1) is 0 Å². The highest BCUT2D eigenvalue weighted by molar-refractivity contribution is 5.26. The van der Waals surface area contributed by atoms with Crippen LogP contribution < -0.4 is 0 Å². The summed E-state index contributed by atoms with van der Waals surface area (Å²) in [4.78, 5) is 0. The normalized spacial score (nSPS) is 10.8. The van der Waals surface area contributed by atoms with Crippen LogP contribution in [0.5, 0.6) is 0 Å². The molecule has 0 heterocycles. The standard InChI is InChI=1S/C15H12F4/c1-9-2-4-11(12(16)6-9)5-3-10-7-13(17)15(19)14(18)8-10/h2,4,6-8H,3,5H2,1H3. The largest absolute Gasteiger partial charge is 0.207 e. The Morgan fingerprint density at radius 1 is 0.789 bits per heavy atom. The highest BCUT2D eigenvalue weighted by atomic mass is 19.2. The van der Waals surface area contributed by atoms with Gasteiger partial charge in [-0.15, -0.1) is 0 Å². The third-order valence-electron chi connectivity index (χ3n) is 2.94. The second-order valence-electron chi connectivity index (χ2n) is 4.47. The SMILES string of the molecule is Cc1ccc(CCc2cc(F)c(F)c(F)c2)c(F)c1. The molecule has 2 rings (SSSR count). The molecule has 4 heteroatoms. The molecule has 0 saturated heterocycles. The van der Waals surface area contributed by atoms with Gasteiger partial charge in [0.25, 0.3) is 0 Å². The number of hydrogen-bond acceptors (Lipinski definition) is 0. The summed E-state index contributed by atoms with van der Waals surface area (Å²) in [6.45, 7) is 1.78. The molecule has 0 aliphatic heterocycles. The molecule has 0 spiro atoms. The summed E-state index contributed by atoms with van der Waals surface area (Å²) in [6, 6.07) is 6.68. The smallest absolute Gasteiger partial charge is 0.194 e. The van der Waals surface area contributed by atoms with E-state index in [1.54, 1.807) is 19.1 Å². The molecule has 19 heavy (non-hydrogen) atoms. The van der Waals surface area contributed by atoms with E-state index < -0.39 is 17.5 Å². The molecule has 2 aromatic carbocycles. The fourth-order valence-electron chi connectivity index (χ4n) is 1.89. The van der Waals surface area contributed by atoms with Crippen LogP contribution in [0.1, 0.15) is 16.7 Å². The maximum atomic E-state index is 13.6. The van der Waals surface area contributed by atoms with E-state index in [1.807, 2.05) is 0 Å². The van der Waals surface area contributed by atoms with Crippen molar-refractivity contribution in [2.45, 2.75) is 19.8 Å². The van der Waals surface area contributed by atoms with Crippen molar-refractivity contribution in [1.82, 2.24) is 0 Å². The minimum absolute atomic E-state index is 0.244. The second kappa shape index (κ2) is 5.43. The summed E-state index contributed by atoms with van der Waals surface area (Å²) in [6.07, 6.45) is 0.546. The summed E-state index contributed by atoms with van der Waals surface area (Å²) in [5.41, 5.74) is 1.58. The Morgan fingerprint density at radius 2 is 1.42 bits per heavy atom. The van der Waals surface area contributed by atoms with E-state index in [4.69, 9.17) is 0 Å². The van der Waals surface area contributed by atoms with Gasteiger partial charge >= 0.3 is 0 Å². The van der Waals surface area contributed by atoms with Gasteiger partial charge in [-0.05, 0) is 54.7 Å². The Labute approximate surface area is 108 Å². The Balaban J connectivity index is 2.14. The van der Waals surface area contributed by atoms with Crippen LogP contribution in [0.4, 0.5) is 17.6 Å². The third kappa shape index (κ3) is 3.13. The first-order chi connectivity index (χ1) is 8.97. The van der Waals surface area contributed by atoms with E-state index in [1.165, 1.54) is 6.07 Å². The molecule has 0 aliphatic rings. The van der Waals surface area contributed by atoms with Crippen LogP contribution in [0, 0.1) is 30.2 Å². The Kier molecular flexibility index (Phi) is 3.88. The van der Waals surface area contributed by atoms with Crippen molar-refractivity contribution >= 4 is 0 Å². The van der Waals surface area contributed by atoms with Crippen molar-refractivity contribution < 1.29 is 17.6 Å². The van der Waals surface area contributed by atoms with E-state index in [0.717, 1.165) is 17.7 Å². The molecule has 0 atom stereocenters. The Morgan fingerprint density at radius 3 is 2.00 bits per heavy atom. The molecular weight excluding hydrogens is 256 g/mol. The Hall–Kier alpha value is -1.84. The highest BCUT2D eigenvalue weighted by Crippen LogP contribution is 2.17. The lowest BCUT2D eigenvalue weighted by molar-refractivity contribution is 0.445. The van der Waals surface area contributed by atoms with Crippen molar-refractivity contribution in [2.75, 3.05) is 0 Å². The van der Waals surface area contributed by atoms with Gasteiger partial charge in [-0.25, -0.2) is 17.6 Å². The minimum atomic E-state index is -1.48. The Bertz CT molecular complexity index is 582. The highest BCUT2D eigenvalue weighted by Gasteiger charge is 2.11. The molecule has 2 aromatic rings. The van der Waals surface area contributed by atoms with E-state index >= 15 is 0 Å². The number of halogens is 4. The lowest BCUT2D eigenvalue weighted by Crippen LogP contribution is -1.99. The van der Waals surface area contributed by atoms with Gasteiger partial charge in [0.1, 0.15) is 5.82 Å². The van der Waals surface area contributed by atoms with Crippen LogP contribution in [-0.4, -0.2) is 0 Å². The number of hydrogen-bond donors (Lipinski definition) is 0. The number of rotatable bonds is 3. The predicted molar refractivity (Wildman–Crippen MR) is 64.9 cm³/mol. The lowest BCUT2D eigenvalue weighted by Gasteiger charge is -2.06. The van der Waals surface area contributed by atoms with Crippen LogP contribution >= 0.6 is 0 Å². The van der Waals surface area contributed by atoms with Crippen molar-refractivity contribution in [3.05, 3.63) is 70.3 Å². The quantitative estimate of drug-likeness (QED) is 0.574. The first-order valence-electron chi connectivity index (χ1n) is 5.86. The summed E-state index contributed by atoms with van der Waals surface area (Å²) in [7, 11) is 0. The minimum Gasteiger partial charge on any atom is -0.207 e. The third-order valence-corrected chi connectivity index (χ3v) is 2.94. The van der Waals surface area contributed by atoms with Crippen LogP contribution in [0.25, 0.3) is 0 Å². The molecular formula is C15H12F4. The van der Waals surface area contributed by atoms with E-state index in [0.29, 0.717) is 17.5 Å². The van der Waals surface area contributed by atoms with Gasteiger partial charge in [0.2, 0.25) is 0 Å². The van der Waals surface area contributed by atoms with Gasteiger partial charge in [0.15, 0.2) is 17.5 Å². The van der Waals surface area contributed by atoms with Crippen LogP contribution in [0.2, 0.25) is 0 Å². The molecule has 0 saturated carbocycles. The molecule has 100 valence electrons. The second-order valence-corrected chi connectivity index (χ2v) is 4.47. The van der Waals surface area contributed by atoms with Crippen LogP contribution in [-0.2, 0) is 12.8 Å². The molecule has 0 fully saturated rings. The van der Waals surface area contributed by atoms with Crippen molar-refractivity contribution in [3.63, 3.8) is 0 Å². The van der Waals surface area contributed by atoms with E-state index in [-0.39, 0.29) is 12.2 Å². The monoisotopic (exact) mass is 268 g/mol. The summed E-state index contributed by atoms with van der Waals surface area (Å²) >= 11 is 0. The maximum absolute atomic E-state index is 13.6. The van der Waals surface area contributed by atoms with Gasteiger partial charge in [-0.2, -0.15) is 0 Å². The molecule has 0 radical (unpaired) electrons. The molecule has 0 N–H and O–H groups in total.